The molecule has 0 aliphatic carbocycles. The van der Waals surface area contributed by atoms with Crippen LogP contribution in [0.2, 0.25) is 0 Å². The third-order valence-electron chi connectivity index (χ3n) is 3.38. The van der Waals surface area contributed by atoms with E-state index in [1.807, 2.05) is 0 Å². The number of nitrogens with zero attached hydrogens (tertiary/aromatic N) is 1. The molecule has 0 fully saturated rings. The van der Waals surface area contributed by atoms with Gasteiger partial charge in [0, 0.05) is 11.9 Å². The molecule has 0 unspecified atom stereocenters. The summed E-state index contributed by atoms with van der Waals surface area (Å²) < 4.78 is 38.2. The van der Waals surface area contributed by atoms with Gasteiger partial charge in [0.05, 0.1) is 16.8 Å². The number of benzene rings is 2. The molecule has 0 aromatic heterocycles. The van der Waals surface area contributed by atoms with Crippen LogP contribution in [0.25, 0.3) is 0 Å². The van der Waals surface area contributed by atoms with E-state index in [1.54, 1.807) is 18.2 Å². The van der Waals surface area contributed by atoms with Gasteiger partial charge in [0.15, 0.2) is 0 Å². The second-order valence-corrected chi connectivity index (χ2v) is 5.26. The Morgan fingerprint density at radius 1 is 1.11 bits per heavy atom. The summed E-state index contributed by atoms with van der Waals surface area (Å²) in [5, 5.41) is 14.0. The van der Waals surface area contributed by atoms with Gasteiger partial charge >= 0.3 is 6.18 Å². The summed E-state index contributed by atoms with van der Waals surface area (Å²) in [5.74, 6) is -1.63. The molecule has 0 aliphatic rings. The predicted molar refractivity (Wildman–Crippen MR) is 92.4 cm³/mol. The molecule has 2 aromatic rings. The number of nitrogens with two attached hydrogens (primary N) is 1. The first kappa shape index (κ1) is 19.5. The fourth-order valence-electron chi connectivity index (χ4n) is 2.09. The van der Waals surface area contributed by atoms with E-state index in [1.165, 1.54) is 18.2 Å². The van der Waals surface area contributed by atoms with Gasteiger partial charge in [-0.1, -0.05) is 18.2 Å². The van der Waals surface area contributed by atoms with E-state index < -0.39 is 29.1 Å². The minimum atomic E-state index is -4.56. The molecule has 0 saturated carbocycles. The summed E-state index contributed by atoms with van der Waals surface area (Å²) in [4.78, 5) is 23.5. The van der Waals surface area contributed by atoms with Gasteiger partial charge in [0.1, 0.15) is 11.6 Å². The number of alkyl halides is 3. The van der Waals surface area contributed by atoms with Crippen LogP contribution >= 0.6 is 0 Å². The quantitative estimate of drug-likeness (QED) is 0.551. The Morgan fingerprint density at radius 3 is 2.44 bits per heavy atom. The summed E-state index contributed by atoms with van der Waals surface area (Å²) >= 11 is 0. The highest BCUT2D eigenvalue weighted by Gasteiger charge is 2.30. The monoisotopic (exact) mass is 374 g/mol. The fourth-order valence-corrected chi connectivity index (χ4v) is 2.09. The van der Waals surface area contributed by atoms with E-state index in [4.69, 9.17) is 11.0 Å². The molecule has 2 aromatic carbocycles. The smallest absolute Gasteiger partial charge is 0.366 e. The largest absolute Gasteiger partial charge is 0.416 e. The zero-order chi connectivity index (χ0) is 20.0. The Labute approximate surface area is 152 Å². The number of primary amides is 1. The summed E-state index contributed by atoms with van der Waals surface area (Å²) in [5.41, 5.74) is 4.18. The zero-order valence-electron chi connectivity index (χ0n) is 13.7. The molecular weight excluding hydrogens is 361 g/mol. The molecule has 138 valence electrons. The number of carbonyl (C=O) groups is 2. The van der Waals surface area contributed by atoms with E-state index in [0.29, 0.717) is 0 Å². The van der Waals surface area contributed by atoms with Gasteiger partial charge in [-0.15, -0.1) is 0 Å². The number of hydrogen-bond acceptors (Lipinski definition) is 4. The molecule has 0 saturated heterocycles. The minimum Gasteiger partial charge on any atom is -0.366 e. The molecule has 4 N–H and O–H groups in total. The van der Waals surface area contributed by atoms with Crippen molar-refractivity contribution in [2.45, 2.75) is 6.18 Å². The van der Waals surface area contributed by atoms with Gasteiger partial charge in [-0.2, -0.15) is 18.4 Å². The molecule has 0 bridgehead atoms. The highest BCUT2D eigenvalue weighted by atomic mass is 19.4. The first-order valence-corrected chi connectivity index (χ1v) is 7.46. The lowest BCUT2D eigenvalue weighted by molar-refractivity contribution is -0.137. The van der Waals surface area contributed by atoms with Crippen LogP contribution in [0.3, 0.4) is 0 Å². The number of anilines is 2. The topological polar surface area (TPSA) is 108 Å². The van der Waals surface area contributed by atoms with Crippen molar-refractivity contribution < 1.29 is 22.8 Å². The zero-order valence-corrected chi connectivity index (χ0v) is 13.7. The maximum atomic E-state index is 12.7. The molecule has 6 nitrogen and oxygen atoms in total. The number of carbonyl (C=O) groups excluding carboxylic acids is 2. The Balaban J connectivity index is 2.19. The highest BCUT2D eigenvalue weighted by Crippen LogP contribution is 2.30. The number of nitrogens with one attached hydrogen (secondary N) is 2. The highest BCUT2D eigenvalue weighted by molar-refractivity contribution is 6.07. The lowest BCUT2D eigenvalue weighted by atomic mass is 10.1. The molecule has 0 heterocycles. The average molecular weight is 374 g/mol. The molecule has 0 atom stereocenters. The molecule has 0 radical (unpaired) electrons. The van der Waals surface area contributed by atoms with Crippen molar-refractivity contribution >= 4 is 23.2 Å². The van der Waals surface area contributed by atoms with Crippen LogP contribution in [0.5, 0.6) is 0 Å². The molecular formula is C18H13F3N4O2. The van der Waals surface area contributed by atoms with Crippen molar-refractivity contribution in [2.75, 3.05) is 10.6 Å². The van der Waals surface area contributed by atoms with Gasteiger partial charge < -0.3 is 16.4 Å². The van der Waals surface area contributed by atoms with Crippen molar-refractivity contribution in [1.29, 1.82) is 5.26 Å². The predicted octanol–water partition coefficient (Wildman–Crippen LogP) is 3.26. The van der Waals surface area contributed by atoms with Crippen molar-refractivity contribution in [3.8, 4) is 6.07 Å². The van der Waals surface area contributed by atoms with E-state index in [0.717, 1.165) is 24.4 Å². The van der Waals surface area contributed by atoms with Crippen LogP contribution in [-0.4, -0.2) is 11.8 Å². The van der Waals surface area contributed by atoms with Crippen LogP contribution in [0.4, 0.5) is 24.5 Å². The Morgan fingerprint density at radius 2 is 1.81 bits per heavy atom. The second-order valence-electron chi connectivity index (χ2n) is 5.26. The first-order valence-electron chi connectivity index (χ1n) is 7.46. The van der Waals surface area contributed by atoms with E-state index in [-0.39, 0.29) is 16.9 Å². The molecule has 9 heteroatoms. The standard InChI is InChI=1S/C18H13F3N4O2/c19-18(20,21)12-4-3-5-13(8-12)25-17(27)11(9-22)10-24-15-7-2-1-6-14(15)16(23)26/h1-8,10,24H,(H2,23,26)(H,25,27)/b11-10-. The van der Waals surface area contributed by atoms with Crippen molar-refractivity contribution in [3.05, 3.63) is 71.4 Å². The van der Waals surface area contributed by atoms with Crippen LogP contribution in [0.15, 0.2) is 60.3 Å². The first-order chi connectivity index (χ1) is 12.7. The molecule has 0 spiro atoms. The van der Waals surface area contributed by atoms with E-state index in [9.17, 15) is 22.8 Å². The number of hydrogen-bond donors (Lipinski definition) is 3. The van der Waals surface area contributed by atoms with Crippen LogP contribution in [0, 0.1) is 11.3 Å². The van der Waals surface area contributed by atoms with E-state index >= 15 is 0 Å². The normalized spacial score (nSPS) is 11.4. The number of para-hydroxylation sites is 1. The number of amides is 2. The molecule has 2 rings (SSSR count). The fraction of sp³-hybridized carbons (Fsp3) is 0.0556. The minimum absolute atomic E-state index is 0.117. The third kappa shape index (κ3) is 5.09. The molecule has 27 heavy (non-hydrogen) atoms. The Bertz CT molecular complexity index is 946. The summed E-state index contributed by atoms with van der Waals surface area (Å²) in [6.45, 7) is 0. The average Bonchev–Trinajstić information content (AvgIpc) is 2.62. The number of nitriles is 1. The van der Waals surface area contributed by atoms with Crippen molar-refractivity contribution in [1.82, 2.24) is 0 Å². The lowest BCUT2D eigenvalue weighted by Gasteiger charge is -2.10. The lowest BCUT2D eigenvalue weighted by Crippen LogP contribution is -2.16. The summed E-state index contributed by atoms with van der Waals surface area (Å²) in [6.07, 6.45) is -3.53. The SMILES string of the molecule is N#C/C(=C/Nc1ccccc1C(N)=O)C(=O)Nc1cccc(C(F)(F)F)c1. The Hall–Kier alpha value is -3.80. The molecule has 2 amide bonds. The van der Waals surface area contributed by atoms with Gasteiger partial charge in [-0.05, 0) is 30.3 Å². The maximum absolute atomic E-state index is 12.7. The van der Waals surface area contributed by atoms with Crippen molar-refractivity contribution in [2.24, 2.45) is 5.73 Å². The van der Waals surface area contributed by atoms with Crippen LogP contribution < -0.4 is 16.4 Å². The summed E-state index contributed by atoms with van der Waals surface area (Å²) in [6, 6.07) is 11.8. The number of rotatable bonds is 5. The second kappa shape index (κ2) is 8.05. The van der Waals surface area contributed by atoms with Gasteiger partial charge in [-0.25, -0.2) is 0 Å². The van der Waals surface area contributed by atoms with Crippen LogP contribution in [-0.2, 0) is 11.0 Å². The third-order valence-corrected chi connectivity index (χ3v) is 3.38. The van der Waals surface area contributed by atoms with E-state index in [2.05, 4.69) is 10.6 Å². The van der Waals surface area contributed by atoms with Crippen LogP contribution in [0.1, 0.15) is 15.9 Å². The van der Waals surface area contributed by atoms with Gasteiger partial charge in [0.2, 0.25) is 0 Å². The summed E-state index contributed by atoms with van der Waals surface area (Å²) in [7, 11) is 0. The molecule has 0 aliphatic heterocycles. The Kier molecular flexibility index (Phi) is 5.82. The van der Waals surface area contributed by atoms with Gasteiger partial charge in [-0.3, -0.25) is 9.59 Å². The van der Waals surface area contributed by atoms with Gasteiger partial charge in [0.25, 0.3) is 11.8 Å². The van der Waals surface area contributed by atoms with Crippen molar-refractivity contribution in [3.63, 3.8) is 0 Å². The maximum Gasteiger partial charge on any atom is 0.416 e. The number of halogens is 3.